The highest BCUT2D eigenvalue weighted by molar-refractivity contribution is 5.93. The Kier molecular flexibility index (Phi) is 7.00. The first-order chi connectivity index (χ1) is 13.1. The molecular formula is C22H32ClN3O2. The summed E-state index contributed by atoms with van der Waals surface area (Å²) in [5, 5.41) is 3.00. The number of halogens is 1. The lowest BCUT2D eigenvalue weighted by atomic mass is 9.65. The molecule has 1 aromatic rings. The second kappa shape index (κ2) is 9.27. The Labute approximate surface area is 173 Å². The molecule has 154 valence electrons. The van der Waals surface area contributed by atoms with Crippen LogP contribution in [-0.4, -0.2) is 35.8 Å². The number of piperidine rings is 1. The van der Waals surface area contributed by atoms with Gasteiger partial charge in [-0.1, -0.05) is 24.6 Å². The summed E-state index contributed by atoms with van der Waals surface area (Å²) < 4.78 is 0. The molecule has 3 unspecified atom stereocenters. The Bertz CT molecular complexity index is 670. The molecule has 2 aliphatic carbocycles. The molecule has 1 heterocycles. The predicted octanol–water partition coefficient (Wildman–Crippen LogP) is 3.44. The van der Waals surface area contributed by atoms with Crippen molar-refractivity contribution in [1.29, 1.82) is 0 Å². The summed E-state index contributed by atoms with van der Waals surface area (Å²) in [7, 11) is 0. The average molecular weight is 406 g/mol. The Hall–Kier alpha value is -1.59. The van der Waals surface area contributed by atoms with E-state index in [2.05, 4.69) is 5.32 Å². The van der Waals surface area contributed by atoms with E-state index in [9.17, 15) is 9.59 Å². The summed E-state index contributed by atoms with van der Waals surface area (Å²) in [6.07, 6.45) is 7.23. The Morgan fingerprint density at radius 3 is 2.32 bits per heavy atom. The van der Waals surface area contributed by atoms with Crippen molar-refractivity contribution in [3.05, 3.63) is 30.3 Å². The number of fused-ring (bicyclic) bond motifs is 2. The molecule has 28 heavy (non-hydrogen) atoms. The number of benzene rings is 1. The minimum absolute atomic E-state index is 0. The van der Waals surface area contributed by atoms with Crippen molar-refractivity contribution in [2.45, 2.75) is 51.0 Å². The molecule has 1 aromatic carbocycles. The van der Waals surface area contributed by atoms with Gasteiger partial charge in [-0.05, 0) is 62.5 Å². The molecule has 4 rings (SSSR count). The van der Waals surface area contributed by atoms with Gasteiger partial charge in [0.2, 0.25) is 11.8 Å². The predicted molar refractivity (Wildman–Crippen MR) is 113 cm³/mol. The van der Waals surface area contributed by atoms with Crippen LogP contribution in [0, 0.1) is 23.7 Å². The molecule has 3 atom stereocenters. The largest absolute Gasteiger partial charge is 0.342 e. The fourth-order valence-corrected chi connectivity index (χ4v) is 5.41. The zero-order valence-electron chi connectivity index (χ0n) is 16.4. The van der Waals surface area contributed by atoms with Crippen LogP contribution in [0.1, 0.15) is 44.9 Å². The molecule has 6 heteroatoms. The number of rotatable bonds is 3. The molecule has 5 nitrogen and oxygen atoms in total. The van der Waals surface area contributed by atoms with Crippen LogP contribution in [0.25, 0.3) is 0 Å². The van der Waals surface area contributed by atoms with Crippen LogP contribution in [0.5, 0.6) is 0 Å². The zero-order valence-corrected chi connectivity index (χ0v) is 17.2. The lowest BCUT2D eigenvalue weighted by molar-refractivity contribution is -0.141. The lowest BCUT2D eigenvalue weighted by Gasteiger charge is -2.45. The van der Waals surface area contributed by atoms with Gasteiger partial charge in [-0.2, -0.15) is 0 Å². The topological polar surface area (TPSA) is 75.4 Å². The van der Waals surface area contributed by atoms with Crippen LogP contribution in [0.2, 0.25) is 0 Å². The number of nitrogens with one attached hydrogen (secondary N) is 1. The summed E-state index contributed by atoms with van der Waals surface area (Å²) >= 11 is 0. The number of amides is 2. The molecule has 3 N–H and O–H groups in total. The van der Waals surface area contributed by atoms with Gasteiger partial charge in [-0.15, -0.1) is 12.4 Å². The molecule has 0 radical (unpaired) electrons. The van der Waals surface area contributed by atoms with E-state index in [0.717, 1.165) is 37.9 Å². The van der Waals surface area contributed by atoms with Crippen LogP contribution in [-0.2, 0) is 9.59 Å². The highest BCUT2D eigenvalue weighted by Gasteiger charge is 2.42. The molecule has 3 aliphatic rings. The van der Waals surface area contributed by atoms with Gasteiger partial charge >= 0.3 is 0 Å². The van der Waals surface area contributed by atoms with Crippen LogP contribution in [0.15, 0.2) is 30.3 Å². The first-order valence-electron chi connectivity index (χ1n) is 10.5. The van der Waals surface area contributed by atoms with Crippen molar-refractivity contribution in [1.82, 2.24) is 4.90 Å². The summed E-state index contributed by atoms with van der Waals surface area (Å²) in [5.74, 6) is 1.29. The SMILES string of the molecule is Cl.NC1C2CCCC1CC(C(=O)N1CCCC(C(=O)Nc3ccccc3)C1)C2. The van der Waals surface area contributed by atoms with E-state index in [1.54, 1.807) is 0 Å². The fourth-order valence-electron chi connectivity index (χ4n) is 5.41. The van der Waals surface area contributed by atoms with Crippen LogP contribution >= 0.6 is 12.4 Å². The summed E-state index contributed by atoms with van der Waals surface area (Å²) in [4.78, 5) is 27.8. The normalized spacial score (nSPS) is 32.2. The van der Waals surface area contributed by atoms with Crippen molar-refractivity contribution < 1.29 is 9.59 Å². The van der Waals surface area contributed by atoms with Crippen LogP contribution in [0.3, 0.4) is 0 Å². The minimum atomic E-state index is -0.117. The summed E-state index contributed by atoms with van der Waals surface area (Å²) in [5.41, 5.74) is 7.20. The van der Waals surface area contributed by atoms with Crippen molar-refractivity contribution in [2.75, 3.05) is 18.4 Å². The Morgan fingerprint density at radius 2 is 1.64 bits per heavy atom. The standard InChI is InChI=1S/C22H31N3O2.ClH/c23-20-15-6-4-7-16(20)13-18(12-15)22(27)25-11-5-8-17(14-25)21(26)24-19-9-2-1-3-10-19;/h1-3,9-10,15-18,20H,4-8,11-14,23H2,(H,24,26);1H. The van der Waals surface area contributed by atoms with Crippen molar-refractivity contribution >= 4 is 29.9 Å². The zero-order chi connectivity index (χ0) is 18.8. The van der Waals surface area contributed by atoms with Gasteiger partial charge in [0.25, 0.3) is 0 Å². The molecule has 0 aromatic heterocycles. The van der Waals surface area contributed by atoms with Gasteiger partial charge in [0.15, 0.2) is 0 Å². The highest BCUT2D eigenvalue weighted by Crippen LogP contribution is 2.42. The van der Waals surface area contributed by atoms with Gasteiger partial charge in [0.05, 0.1) is 5.92 Å². The molecule has 2 bridgehead atoms. The Balaban J connectivity index is 0.00000225. The number of hydrogen-bond donors (Lipinski definition) is 2. The maximum atomic E-state index is 13.2. The molecule has 2 saturated carbocycles. The number of likely N-dealkylation sites (tertiary alicyclic amines) is 1. The van der Waals surface area contributed by atoms with Gasteiger partial charge in [0.1, 0.15) is 0 Å². The molecule has 1 aliphatic heterocycles. The monoisotopic (exact) mass is 405 g/mol. The second-order valence-corrected chi connectivity index (χ2v) is 8.68. The summed E-state index contributed by atoms with van der Waals surface area (Å²) in [6, 6.07) is 9.84. The number of para-hydroxylation sites is 1. The Morgan fingerprint density at radius 1 is 0.964 bits per heavy atom. The van der Waals surface area contributed by atoms with Gasteiger partial charge in [-0.3, -0.25) is 9.59 Å². The van der Waals surface area contributed by atoms with E-state index in [1.165, 1.54) is 19.3 Å². The third-order valence-corrected chi connectivity index (χ3v) is 6.91. The molecule has 3 fully saturated rings. The third kappa shape index (κ3) is 4.52. The van der Waals surface area contributed by atoms with E-state index < -0.39 is 0 Å². The van der Waals surface area contributed by atoms with Gasteiger partial charge in [0, 0.05) is 30.7 Å². The van der Waals surface area contributed by atoms with Crippen LogP contribution < -0.4 is 11.1 Å². The number of nitrogens with zero attached hydrogens (tertiary/aromatic N) is 1. The summed E-state index contributed by atoms with van der Waals surface area (Å²) in [6.45, 7) is 1.33. The lowest BCUT2D eigenvalue weighted by Crippen LogP contribution is -2.51. The molecular weight excluding hydrogens is 374 g/mol. The first-order valence-corrected chi connectivity index (χ1v) is 10.5. The quantitative estimate of drug-likeness (QED) is 0.808. The van der Waals surface area contributed by atoms with E-state index in [-0.39, 0.29) is 42.1 Å². The number of hydrogen-bond acceptors (Lipinski definition) is 3. The second-order valence-electron chi connectivity index (χ2n) is 8.68. The van der Waals surface area contributed by atoms with Crippen molar-refractivity contribution in [2.24, 2.45) is 29.4 Å². The minimum Gasteiger partial charge on any atom is -0.342 e. The van der Waals surface area contributed by atoms with Gasteiger partial charge in [-0.25, -0.2) is 0 Å². The highest BCUT2D eigenvalue weighted by atomic mass is 35.5. The van der Waals surface area contributed by atoms with Gasteiger partial charge < -0.3 is 16.0 Å². The third-order valence-electron chi connectivity index (χ3n) is 6.91. The van der Waals surface area contributed by atoms with Crippen LogP contribution in [0.4, 0.5) is 5.69 Å². The number of carbonyl (C=O) groups is 2. The van der Waals surface area contributed by atoms with Crippen molar-refractivity contribution in [3.63, 3.8) is 0 Å². The number of anilines is 1. The smallest absolute Gasteiger partial charge is 0.229 e. The van der Waals surface area contributed by atoms with E-state index in [1.807, 2.05) is 35.2 Å². The molecule has 1 saturated heterocycles. The average Bonchev–Trinajstić information content (AvgIpc) is 2.68. The fraction of sp³-hybridized carbons (Fsp3) is 0.636. The van der Waals surface area contributed by atoms with E-state index in [0.29, 0.717) is 18.4 Å². The van der Waals surface area contributed by atoms with Crippen molar-refractivity contribution in [3.8, 4) is 0 Å². The number of nitrogens with two attached hydrogens (primary N) is 1. The molecule has 2 amide bonds. The maximum absolute atomic E-state index is 13.2. The maximum Gasteiger partial charge on any atom is 0.229 e. The molecule has 0 spiro atoms. The first kappa shape index (κ1) is 21.1. The van der Waals surface area contributed by atoms with E-state index >= 15 is 0 Å². The van der Waals surface area contributed by atoms with E-state index in [4.69, 9.17) is 5.73 Å². The number of carbonyl (C=O) groups excluding carboxylic acids is 2.